The largest absolute Gasteiger partial charge is 0.472 e. The van der Waals surface area contributed by atoms with E-state index in [0.29, 0.717) is 11.4 Å². The van der Waals surface area contributed by atoms with Gasteiger partial charge in [0.1, 0.15) is 6.61 Å². The minimum absolute atomic E-state index is 0.0947. The highest BCUT2D eigenvalue weighted by atomic mass is 16.6. The van der Waals surface area contributed by atoms with E-state index in [1.54, 1.807) is 25.1 Å². The monoisotopic (exact) mass is 273 g/mol. The van der Waals surface area contributed by atoms with Crippen LogP contribution in [-0.2, 0) is 6.61 Å². The summed E-state index contributed by atoms with van der Waals surface area (Å²) in [6, 6.07) is 6.73. The molecule has 0 saturated heterocycles. The zero-order valence-corrected chi connectivity index (χ0v) is 11.6. The van der Waals surface area contributed by atoms with Crippen molar-refractivity contribution in [3.8, 4) is 5.88 Å². The summed E-state index contributed by atoms with van der Waals surface area (Å²) < 4.78 is 5.55. The van der Waals surface area contributed by atoms with Crippen LogP contribution < -0.4 is 4.74 Å². The maximum absolute atomic E-state index is 10.9. The van der Waals surface area contributed by atoms with Gasteiger partial charge in [0.2, 0.25) is 5.88 Å². The van der Waals surface area contributed by atoms with Crippen LogP contribution in [0.15, 0.2) is 24.3 Å². The van der Waals surface area contributed by atoms with Gasteiger partial charge in [0.15, 0.2) is 0 Å². The minimum atomic E-state index is -0.394. The number of aryl methyl sites for hydroxylation is 2. The van der Waals surface area contributed by atoms with Crippen molar-refractivity contribution >= 4 is 5.69 Å². The Balaban J connectivity index is 2.17. The summed E-state index contributed by atoms with van der Waals surface area (Å²) in [6.07, 6.45) is 0. The molecule has 0 atom stereocenters. The predicted octanol–water partition coefficient (Wildman–Crippen LogP) is 2.89. The van der Waals surface area contributed by atoms with Crippen molar-refractivity contribution in [2.75, 3.05) is 0 Å². The standard InChI is InChI=1S/C14H15N3O3/c1-9-7-14(16-15-11(9)3)20-8-12-5-4-6-13(10(12)2)17(18)19/h4-7H,8H2,1-3H3. The molecule has 0 aliphatic rings. The van der Waals surface area contributed by atoms with Crippen LogP contribution in [0.3, 0.4) is 0 Å². The van der Waals surface area contributed by atoms with Crippen molar-refractivity contribution < 1.29 is 9.66 Å². The van der Waals surface area contributed by atoms with Gasteiger partial charge in [0.25, 0.3) is 5.69 Å². The molecule has 2 aromatic rings. The van der Waals surface area contributed by atoms with Crippen LogP contribution in [0, 0.1) is 30.9 Å². The van der Waals surface area contributed by atoms with E-state index in [-0.39, 0.29) is 12.3 Å². The van der Waals surface area contributed by atoms with Gasteiger partial charge in [-0.15, -0.1) is 5.10 Å². The number of nitrogens with zero attached hydrogens (tertiary/aromatic N) is 3. The summed E-state index contributed by atoms with van der Waals surface area (Å²) in [5.74, 6) is 0.416. The van der Waals surface area contributed by atoms with Gasteiger partial charge in [-0.3, -0.25) is 10.1 Å². The van der Waals surface area contributed by atoms with Crippen molar-refractivity contribution in [3.63, 3.8) is 0 Å². The zero-order valence-electron chi connectivity index (χ0n) is 11.6. The van der Waals surface area contributed by atoms with E-state index in [4.69, 9.17) is 4.74 Å². The molecule has 1 heterocycles. The summed E-state index contributed by atoms with van der Waals surface area (Å²) >= 11 is 0. The average molecular weight is 273 g/mol. The van der Waals surface area contributed by atoms with Crippen molar-refractivity contribution in [1.29, 1.82) is 0 Å². The summed E-state index contributed by atoms with van der Waals surface area (Å²) in [7, 11) is 0. The van der Waals surface area contributed by atoms with Crippen molar-refractivity contribution in [3.05, 3.63) is 56.8 Å². The number of aromatic nitrogens is 2. The Morgan fingerprint density at radius 2 is 2.00 bits per heavy atom. The van der Waals surface area contributed by atoms with Crippen molar-refractivity contribution in [2.45, 2.75) is 27.4 Å². The molecule has 1 aromatic heterocycles. The molecular formula is C14H15N3O3. The fourth-order valence-corrected chi connectivity index (χ4v) is 1.77. The van der Waals surface area contributed by atoms with E-state index < -0.39 is 4.92 Å². The second-order valence-corrected chi connectivity index (χ2v) is 4.56. The first kappa shape index (κ1) is 13.9. The molecule has 0 bridgehead atoms. The number of ether oxygens (including phenoxy) is 1. The Labute approximate surface area is 116 Å². The molecule has 1 aromatic carbocycles. The number of benzene rings is 1. The van der Waals surface area contributed by atoms with Gasteiger partial charge in [-0.25, -0.2) is 0 Å². The molecule has 0 N–H and O–H groups in total. The van der Waals surface area contributed by atoms with Gasteiger partial charge in [-0.1, -0.05) is 12.1 Å². The van der Waals surface area contributed by atoms with E-state index in [1.807, 2.05) is 13.8 Å². The molecule has 0 saturated carbocycles. The summed E-state index contributed by atoms with van der Waals surface area (Å²) in [5, 5.41) is 18.8. The maximum atomic E-state index is 10.9. The normalized spacial score (nSPS) is 10.3. The summed E-state index contributed by atoms with van der Waals surface area (Å²) in [6.45, 7) is 5.74. The van der Waals surface area contributed by atoms with Crippen LogP contribution >= 0.6 is 0 Å². The highest BCUT2D eigenvalue weighted by molar-refractivity contribution is 5.44. The Hall–Kier alpha value is -2.50. The fourth-order valence-electron chi connectivity index (χ4n) is 1.77. The van der Waals surface area contributed by atoms with Crippen LogP contribution in [0.2, 0.25) is 0 Å². The Bertz CT molecular complexity index is 656. The second kappa shape index (κ2) is 5.64. The third kappa shape index (κ3) is 2.90. The van der Waals surface area contributed by atoms with Gasteiger partial charge in [-0.2, -0.15) is 5.10 Å². The second-order valence-electron chi connectivity index (χ2n) is 4.56. The van der Waals surface area contributed by atoms with Gasteiger partial charge in [-0.05, 0) is 31.9 Å². The van der Waals surface area contributed by atoms with E-state index in [0.717, 1.165) is 16.8 Å². The first-order valence-electron chi connectivity index (χ1n) is 6.15. The fraction of sp³-hybridized carbons (Fsp3) is 0.286. The molecule has 2 rings (SSSR count). The van der Waals surface area contributed by atoms with Crippen LogP contribution in [0.1, 0.15) is 22.4 Å². The molecule has 0 spiro atoms. The van der Waals surface area contributed by atoms with Crippen molar-refractivity contribution in [1.82, 2.24) is 10.2 Å². The lowest BCUT2D eigenvalue weighted by Crippen LogP contribution is -2.03. The Morgan fingerprint density at radius 3 is 2.65 bits per heavy atom. The molecule has 20 heavy (non-hydrogen) atoms. The van der Waals surface area contributed by atoms with Crippen LogP contribution in [-0.4, -0.2) is 15.1 Å². The van der Waals surface area contributed by atoms with Gasteiger partial charge < -0.3 is 4.74 Å². The quantitative estimate of drug-likeness (QED) is 0.632. The summed E-state index contributed by atoms with van der Waals surface area (Å²) in [4.78, 5) is 10.5. The van der Waals surface area contributed by atoms with Gasteiger partial charge in [0, 0.05) is 17.7 Å². The lowest BCUT2D eigenvalue weighted by molar-refractivity contribution is -0.385. The zero-order chi connectivity index (χ0) is 14.7. The molecule has 0 radical (unpaired) electrons. The predicted molar refractivity (Wildman–Crippen MR) is 73.7 cm³/mol. The highest BCUT2D eigenvalue weighted by Gasteiger charge is 2.13. The third-order valence-electron chi connectivity index (χ3n) is 3.20. The number of hydrogen-bond acceptors (Lipinski definition) is 5. The highest BCUT2D eigenvalue weighted by Crippen LogP contribution is 2.22. The van der Waals surface area contributed by atoms with Crippen LogP contribution in [0.25, 0.3) is 0 Å². The SMILES string of the molecule is Cc1cc(OCc2cccc([N+](=O)[O-])c2C)nnc1C. The maximum Gasteiger partial charge on any atom is 0.272 e. The van der Waals surface area contributed by atoms with E-state index in [2.05, 4.69) is 10.2 Å². The number of rotatable bonds is 4. The molecule has 0 aliphatic heterocycles. The van der Waals surface area contributed by atoms with Crippen LogP contribution in [0.5, 0.6) is 5.88 Å². The molecule has 0 aliphatic carbocycles. The van der Waals surface area contributed by atoms with E-state index in [9.17, 15) is 10.1 Å². The van der Waals surface area contributed by atoms with Gasteiger partial charge in [0.05, 0.1) is 10.6 Å². The first-order chi connectivity index (χ1) is 9.49. The van der Waals surface area contributed by atoms with E-state index >= 15 is 0 Å². The number of nitro benzene ring substituents is 1. The molecular weight excluding hydrogens is 258 g/mol. The third-order valence-corrected chi connectivity index (χ3v) is 3.20. The molecule has 0 unspecified atom stereocenters. The molecule has 0 amide bonds. The molecule has 6 heteroatoms. The average Bonchev–Trinajstić information content (AvgIpc) is 2.41. The summed E-state index contributed by atoms with van der Waals surface area (Å²) in [5.41, 5.74) is 3.31. The van der Waals surface area contributed by atoms with Crippen molar-refractivity contribution in [2.24, 2.45) is 0 Å². The lowest BCUT2D eigenvalue weighted by Gasteiger charge is -2.08. The van der Waals surface area contributed by atoms with Gasteiger partial charge >= 0.3 is 0 Å². The number of nitro groups is 1. The molecule has 0 fully saturated rings. The topological polar surface area (TPSA) is 78.2 Å². The Morgan fingerprint density at radius 1 is 1.25 bits per heavy atom. The molecule has 6 nitrogen and oxygen atoms in total. The van der Waals surface area contributed by atoms with Crippen LogP contribution in [0.4, 0.5) is 5.69 Å². The Kier molecular flexibility index (Phi) is 3.93. The lowest BCUT2D eigenvalue weighted by atomic mass is 10.1. The smallest absolute Gasteiger partial charge is 0.272 e. The molecule has 104 valence electrons. The minimum Gasteiger partial charge on any atom is -0.472 e. The van der Waals surface area contributed by atoms with E-state index in [1.165, 1.54) is 6.07 Å². The number of hydrogen-bond donors (Lipinski definition) is 0. The first-order valence-corrected chi connectivity index (χ1v) is 6.15.